The van der Waals surface area contributed by atoms with Crippen LogP contribution in [-0.2, 0) is 39.1 Å². The minimum absolute atomic E-state index is 0.00208. The van der Waals surface area contributed by atoms with Crippen molar-refractivity contribution in [3.8, 4) is 0 Å². The Kier molecular flexibility index (Phi) is 11.7. The van der Waals surface area contributed by atoms with Gasteiger partial charge in [0.25, 0.3) is 17.7 Å². The lowest BCUT2D eigenvalue weighted by Crippen LogP contribution is -2.71. The van der Waals surface area contributed by atoms with Gasteiger partial charge in [-0.15, -0.1) is 11.8 Å². The molecular weight excluding hydrogens is 833 g/mol. The van der Waals surface area contributed by atoms with Gasteiger partial charge in [-0.1, -0.05) is 96.2 Å². The number of anilines is 1. The number of aromatic nitrogens is 2. The molecule has 0 spiro atoms. The fraction of sp³-hybridized carbons (Fsp3) is 0.318. The van der Waals surface area contributed by atoms with E-state index in [2.05, 4.69) is 25.1 Å². The van der Waals surface area contributed by atoms with Gasteiger partial charge in [0.05, 0.1) is 5.57 Å². The fourth-order valence-electron chi connectivity index (χ4n) is 8.18. The molecule has 0 unspecified atom stereocenters. The Morgan fingerprint density at radius 2 is 1.56 bits per heavy atom. The molecule has 62 heavy (non-hydrogen) atoms. The lowest BCUT2D eigenvalue weighted by molar-refractivity contribution is -0.151. The Morgan fingerprint density at radius 3 is 2.08 bits per heavy atom. The number of fused-ring (bicyclic) bond motifs is 1. The number of esters is 1. The van der Waals surface area contributed by atoms with Crippen LogP contribution in [0.25, 0.3) is 0 Å². The fourth-order valence-corrected chi connectivity index (χ4v) is 9.97. The molecule has 0 bridgehead atoms. The zero-order valence-electron chi connectivity index (χ0n) is 34.1. The third-order valence-corrected chi connectivity index (χ3v) is 12.8. The largest absolute Gasteiger partial charge is 0.477 e. The molecule has 320 valence electrons. The van der Waals surface area contributed by atoms with E-state index in [1.54, 1.807) is 25.7 Å². The van der Waals surface area contributed by atoms with Gasteiger partial charge in [0.2, 0.25) is 17.1 Å². The van der Waals surface area contributed by atoms with E-state index in [1.807, 2.05) is 91.0 Å². The number of carbonyl (C=O) groups is 5. The van der Waals surface area contributed by atoms with Gasteiger partial charge < -0.3 is 35.9 Å². The number of rotatable bonds is 12. The molecule has 3 fully saturated rings. The number of β-lactam (4-membered cyclic amide) rings is 1. The van der Waals surface area contributed by atoms with Crippen molar-refractivity contribution in [1.29, 1.82) is 0 Å². The molecule has 0 radical (unpaired) electrons. The highest BCUT2D eigenvalue weighted by Gasteiger charge is 2.56. The molecule has 5 heterocycles. The predicted octanol–water partition coefficient (Wildman–Crippen LogP) is 3.80. The van der Waals surface area contributed by atoms with Crippen molar-refractivity contribution in [2.75, 3.05) is 31.1 Å². The topological polar surface area (TPSA) is 219 Å². The van der Waals surface area contributed by atoms with Gasteiger partial charge in [0, 0.05) is 64.3 Å². The van der Waals surface area contributed by atoms with Crippen molar-refractivity contribution in [2.24, 2.45) is 5.16 Å². The summed E-state index contributed by atoms with van der Waals surface area (Å²) in [6.45, 7) is 6.73. The second kappa shape index (κ2) is 17.2. The van der Waals surface area contributed by atoms with E-state index >= 15 is 0 Å². The number of ether oxygens (including phenoxy) is 1. The summed E-state index contributed by atoms with van der Waals surface area (Å²) in [7, 11) is 0. The first-order chi connectivity index (χ1) is 29.8. The highest BCUT2D eigenvalue weighted by atomic mass is 32.2. The normalized spacial score (nSPS) is 21.3. The van der Waals surface area contributed by atoms with Crippen LogP contribution in [0.4, 0.5) is 5.13 Å². The van der Waals surface area contributed by atoms with E-state index in [0.29, 0.717) is 29.8 Å². The Morgan fingerprint density at radius 1 is 0.952 bits per heavy atom. The maximum absolute atomic E-state index is 14.4. The summed E-state index contributed by atoms with van der Waals surface area (Å²) >= 11 is 1.98. The van der Waals surface area contributed by atoms with Gasteiger partial charge in [-0.05, 0) is 40.2 Å². The maximum Gasteiger partial charge on any atom is 0.352 e. The SMILES string of the molecule is CC(C)(C)OC(=O)/C(C1=C(C(=O)O)N2C(=O)[C@@H](NC(=O)/C(=N\OC(c3ccccc3)(c3ccccc3)c3ccccc3)c3nsc(N)n3)[C@H]2SC1)=C1\CCN([C@@H]2CCNC2)C1=O. The van der Waals surface area contributed by atoms with Crippen LogP contribution in [0.2, 0.25) is 0 Å². The third-order valence-electron chi connectivity index (χ3n) is 10.9. The van der Waals surface area contributed by atoms with Crippen molar-refractivity contribution >= 4 is 63.8 Å². The zero-order chi connectivity index (χ0) is 43.8. The van der Waals surface area contributed by atoms with Crippen LogP contribution in [0.3, 0.4) is 0 Å². The number of carboxylic acid groups (broad SMARTS) is 1. The number of aliphatic carboxylic acids is 1. The van der Waals surface area contributed by atoms with Crippen LogP contribution in [0, 0.1) is 0 Å². The summed E-state index contributed by atoms with van der Waals surface area (Å²) in [5.41, 5.74) is 4.85. The molecule has 8 rings (SSSR count). The molecule has 0 saturated carbocycles. The number of thioether (sulfide) groups is 1. The van der Waals surface area contributed by atoms with Gasteiger partial charge in [-0.3, -0.25) is 19.3 Å². The van der Waals surface area contributed by atoms with Gasteiger partial charge >= 0.3 is 11.9 Å². The summed E-state index contributed by atoms with van der Waals surface area (Å²) in [4.78, 5) is 83.2. The Hall–Kier alpha value is -6.37. The predicted molar refractivity (Wildman–Crippen MR) is 231 cm³/mol. The summed E-state index contributed by atoms with van der Waals surface area (Å²) < 4.78 is 10.0. The zero-order valence-corrected chi connectivity index (χ0v) is 35.7. The molecule has 1 aromatic heterocycles. The second-order valence-corrected chi connectivity index (χ2v) is 17.9. The van der Waals surface area contributed by atoms with Crippen molar-refractivity contribution < 1.29 is 38.7 Å². The van der Waals surface area contributed by atoms with Crippen LogP contribution >= 0.6 is 23.3 Å². The maximum atomic E-state index is 14.4. The number of hydrogen-bond acceptors (Lipinski definition) is 14. The van der Waals surface area contributed by atoms with Crippen LogP contribution in [-0.4, -0.2) is 108 Å². The standard InChI is InChI=1S/C44H44N8O8S2/c1-43(2,3)59-41(58)31(29-20-22-51(37(29)54)28-19-21-46-23-28)30-24-61-39-33(38(55)52(39)34(30)40(56)57)47-36(53)32(35-48-42(45)62-50-35)49-60-44(25-13-7-4-8-14-25,26-15-9-5-10-16-26)27-17-11-6-12-18-27/h4-18,28,33,39,46H,19-24H2,1-3H3,(H,47,53)(H,56,57)(H2,45,48,50)/b31-29+,49-32-/t28-,33-,39-/m1/s1. The van der Waals surface area contributed by atoms with E-state index in [9.17, 15) is 29.1 Å². The first-order valence-electron chi connectivity index (χ1n) is 20.0. The molecule has 3 aromatic carbocycles. The molecule has 3 saturated heterocycles. The Bertz CT molecular complexity index is 2400. The number of carbonyl (C=O) groups excluding carboxylic acids is 4. The third kappa shape index (κ3) is 7.96. The van der Waals surface area contributed by atoms with E-state index in [0.717, 1.165) is 41.2 Å². The van der Waals surface area contributed by atoms with Gasteiger partial charge in [-0.25, -0.2) is 9.59 Å². The molecule has 16 nitrogen and oxygen atoms in total. The number of nitrogen functional groups attached to an aromatic ring is 1. The molecule has 5 N–H and O–H groups in total. The summed E-state index contributed by atoms with van der Waals surface area (Å²) in [5.74, 6) is -4.58. The first-order valence-corrected chi connectivity index (χ1v) is 21.8. The molecule has 0 aliphatic carbocycles. The number of benzene rings is 3. The molecule has 4 aliphatic heterocycles. The minimum Gasteiger partial charge on any atom is -0.477 e. The summed E-state index contributed by atoms with van der Waals surface area (Å²) in [5, 5.41) is 20.3. The highest BCUT2D eigenvalue weighted by molar-refractivity contribution is 8.00. The van der Waals surface area contributed by atoms with Crippen molar-refractivity contribution in [3.63, 3.8) is 0 Å². The number of likely N-dealkylation sites (tertiary alicyclic amines) is 1. The number of carboxylic acids is 1. The number of nitrogens with zero attached hydrogens (tertiary/aromatic N) is 5. The van der Waals surface area contributed by atoms with E-state index in [-0.39, 0.29) is 57.5 Å². The quantitative estimate of drug-likeness (QED) is 0.0398. The second-order valence-electron chi connectivity index (χ2n) is 16.0. The number of oxime groups is 1. The molecular formula is C44H44N8O8S2. The van der Waals surface area contributed by atoms with Crippen LogP contribution in [0.5, 0.6) is 0 Å². The number of hydrogen-bond donors (Lipinski definition) is 4. The molecule has 4 aliphatic rings. The average Bonchev–Trinajstić information content (AvgIpc) is 4.04. The van der Waals surface area contributed by atoms with Gasteiger partial charge in [0.1, 0.15) is 22.7 Å². The Labute approximate surface area is 365 Å². The number of nitrogens with one attached hydrogen (secondary N) is 2. The van der Waals surface area contributed by atoms with Crippen molar-refractivity contribution in [1.82, 2.24) is 29.8 Å². The minimum atomic E-state index is -1.48. The van der Waals surface area contributed by atoms with Crippen LogP contribution < -0.4 is 16.4 Å². The average molecular weight is 877 g/mol. The smallest absolute Gasteiger partial charge is 0.352 e. The summed E-state index contributed by atoms with van der Waals surface area (Å²) in [6, 6.07) is 26.8. The Balaban J connectivity index is 1.14. The highest BCUT2D eigenvalue weighted by Crippen LogP contribution is 2.45. The van der Waals surface area contributed by atoms with Crippen molar-refractivity contribution in [3.05, 3.63) is 136 Å². The number of nitrogens with two attached hydrogens (primary N) is 1. The molecule has 3 amide bonds. The van der Waals surface area contributed by atoms with E-state index < -0.39 is 52.1 Å². The molecule has 18 heteroatoms. The molecule has 3 atom stereocenters. The summed E-state index contributed by atoms with van der Waals surface area (Å²) in [6.07, 6.45) is 0.940. The van der Waals surface area contributed by atoms with Crippen molar-refractivity contribution in [2.45, 2.75) is 62.3 Å². The lowest BCUT2D eigenvalue weighted by Gasteiger charge is -2.49. The van der Waals surface area contributed by atoms with E-state index in [4.69, 9.17) is 15.3 Å². The molecule has 4 aromatic rings. The number of amides is 3. The first kappa shape index (κ1) is 42.3. The van der Waals surface area contributed by atoms with Gasteiger partial charge in [-0.2, -0.15) is 9.36 Å². The van der Waals surface area contributed by atoms with Crippen LogP contribution in [0.1, 0.15) is 56.1 Å². The van der Waals surface area contributed by atoms with E-state index in [1.165, 1.54) is 0 Å². The van der Waals surface area contributed by atoms with Gasteiger partial charge in [0.15, 0.2) is 5.13 Å². The van der Waals surface area contributed by atoms with Crippen LogP contribution in [0.15, 0.2) is 119 Å². The monoisotopic (exact) mass is 876 g/mol. The lowest BCUT2D eigenvalue weighted by atomic mass is 9.80.